The van der Waals surface area contributed by atoms with Crippen molar-refractivity contribution in [2.24, 2.45) is 11.7 Å². The van der Waals surface area contributed by atoms with Gasteiger partial charge in [0.25, 0.3) is 0 Å². The van der Waals surface area contributed by atoms with Crippen LogP contribution in [0.3, 0.4) is 0 Å². The fraction of sp³-hybridized carbons (Fsp3) is 0.321. The number of nitriles is 1. The van der Waals surface area contributed by atoms with Gasteiger partial charge < -0.3 is 21.3 Å². The topological polar surface area (TPSA) is 107 Å². The van der Waals surface area contributed by atoms with Crippen LogP contribution in [0.15, 0.2) is 66.9 Å². The molecule has 1 saturated heterocycles. The molecule has 0 bridgehead atoms. The Morgan fingerprint density at radius 1 is 1.11 bits per heavy atom. The van der Waals surface area contributed by atoms with Crippen LogP contribution < -0.4 is 21.3 Å². The SMILES string of the molecule is N#CCCC1CCN(c2ccc(Nc3cc(NCc4ccccc4)c(CC(N)=O)cn3)cc2)CC1. The van der Waals surface area contributed by atoms with Crippen LogP contribution >= 0.6 is 0 Å². The van der Waals surface area contributed by atoms with Crippen molar-refractivity contribution in [3.63, 3.8) is 0 Å². The largest absolute Gasteiger partial charge is 0.381 e. The van der Waals surface area contributed by atoms with Crippen molar-refractivity contribution in [3.8, 4) is 6.07 Å². The molecule has 1 fully saturated rings. The Hall–Kier alpha value is -4.05. The number of amides is 1. The average molecular weight is 469 g/mol. The van der Waals surface area contributed by atoms with Crippen LogP contribution in [0.4, 0.5) is 22.9 Å². The van der Waals surface area contributed by atoms with E-state index in [-0.39, 0.29) is 12.3 Å². The lowest BCUT2D eigenvalue weighted by Crippen LogP contribution is -2.33. The van der Waals surface area contributed by atoms with Crippen LogP contribution in [0.5, 0.6) is 0 Å². The van der Waals surface area contributed by atoms with Crippen LogP contribution in [0.2, 0.25) is 0 Å². The number of aromatic nitrogens is 1. The highest BCUT2D eigenvalue weighted by atomic mass is 16.1. The number of nitrogens with zero attached hydrogens (tertiary/aromatic N) is 3. The van der Waals surface area contributed by atoms with Crippen LogP contribution in [0.1, 0.15) is 36.8 Å². The molecule has 1 aromatic heterocycles. The predicted molar refractivity (Wildman–Crippen MR) is 140 cm³/mol. The minimum Gasteiger partial charge on any atom is -0.381 e. The van der Waals surface area contributed by atoms with E-state index in [1.165, 1.54) is 5.69 Å². The van der Waals surface area contributed by atoms with E-state index >= 15 is 0 Å². The van der Waals surface area contributed by atoms with E-state index in [1.807, 2.05) is 24.3 Å². The molecule has 7 nitrogen and oxygen atoms in total. The summed E-state index contributed by atoms with van der Waals surface area (Å²) in [6.45, 7) is 2.70. The number of nitrogens with one attached hydrogen (secondary N) is 2. The van der Waals surface area contributed by atoms with Gasteiger partial charge in [-0.3, -0.25) is 4.79 Å². The first-order valence-electron chi connectivity index (χ1n) is 12.1. The number of primary amides is 1. The van der Waals surface area contributed by atoms with Crippen molar-refractivity contribution in [1.82, 2.24) is 4.98 Å². The molecule has 0 saturated carbocycles. The van der Waals surface area contributed by atoms with Crippen LogP contribution in [0.25, 0.3) is 0 Å². The number of pyridine rings is 1. The maximum atomic E-state index is 11.5. The number of nitrogens with two attached hydrogens (primary N) is 1. The third-order valence-corrected chi connectivity index (χ3v) is 6.46. The smallest absolute Gasteiger partial charge is 0.221 e. The quantitative estimate of drug-likeness (QED) is 0.387. The number of hydrogen-bond acceptors (Lipinski definition) is 6. The highest BCUT2D eigenvalue weighted by Gasteiger charge is 2.19. The molecule has 3 aromatic rings. The first kappa shape index (κ1) is 24.1. The summed E-state index contributed by atoms with van der Waals surface area (Å²) in [5, 5.41) is 15.6. The molecule has 2 aromatic carbocycles. The predicted octanol–water partition coefficient (Wildman–Crippen LogP) is 4.99. The number of hydrogen-bond donors (Lipinski definition) is 3. The summed E-state index contributed by atoms with van der Waals surface area (Å²) in [5.74, 6) is 0.972. The molecule has 0 spiro atoms. The second-order valence-electron chi connectivity index (χ2n) is 9.01. The lowest BCUT2D eigenvalue weighted by atomic mass is 9.92. The van der Waals surface area contributed by atoms with E-state index in [9.17, 15) is 4.79 Å². The van der Waals surface area contributed by atoms with Gasteiger partial charge in [-0.2, -0.15) is 5.26 Å². The van der Waals surface area contributed by atoms with E-state index in [4.69, 9.17) is 11.0 Å². The van der Waals surface area contributed by atoms with Gasteiger partial charge in [0.15, 0.2) is 0 Å². The summed E-state index contributed by atoms with van der Waals surface area (Å²) in [5.41, 5.74) is 10.4. The Morgan fingerprint density at radius 3 is 2.54 bits per heavy atom. The number of anilines is 4. The van der Waals surface area contributed by atoms with Gasteiger partial charge in [0.05, 0.1) is 12.5 Å². The van der Waals surface area contributed by atoms with Gasteiger partial charge in [-0.05, 0) is 55.0 Å². The van der Waals surface area contributed by atoms with E-state index in [0.29, 0.717) is 24.7 Å². The fourth-order valence-electron chi connectivity index (χ4n) is 4.49. The number of piperidine rings is 1. The van der Waals surface area contributed by atoms with Gasteiger partial charge in [-0.15, -0.1) is 0 Å². The van der Waals surface area contributed by atoms with Crippen LogP contribution in [0, 0.1) is 17.2 Å². The Kier molecular flexibility index (Phi) is 8.18. The van der Waals surface area contributed by atoms with Crippen molar-refractivity contribution in [2.45, 2.75) is 38.6 Å². The molecule has 4 rings (SSSR count). The maximum absolute atomic E-state index is 11.5. The molecule has 35 heavy (non-hydrogen) atoms. The molecule has 180 valence electrons. The highest BCUT2D eigenvalue weighted by Crippen LogP contribution is 2.28. The van der Waals surface area contributed by atoms with Crippen LogP contribution in [-0.4, -0.2) is 24.0 Å². The van der Waals surface area contributed by atoms with Crippen molar-refractivity contribution in [3.05, 3.63) is 78.0 Å². The number of benzene rings is 2. The molecule has 0 unspecified atom stereocenters. The van der Waals surface area contributed by atoms with Crippen molar-refractivity contribution in [1.29, 1.82) is 5.26 Å². The summed E-state index contributed by atoms with van der Waals surface area (Å²) >= 11 is 0. The molecule has 1 aliphatic rings. The monoisotopic (exact) mass is 468 g/mol. The molecular formula is C28H32N6O. The minimum atomic E-state index is -0.389. The second kappa shape index (κ2) is 11.9. The molecule has 0 radical (unpaired) electrons. The molecule has 0 atom stereocenters. The molecule has 7 heteroatoms. The summed E-state index contributed by atoms with van der Waals surface area (Å²) in [7, 11) is 0. The zero-order valence-electron chi connectivity index (χ0n) is 19.9. The fourth-order valence-corrected chi connectivity index (χ4v) is 4.49. The molecule has 4 N–H and O–H groups in total. The lowest BCUT2D eigenvalue weighted by molar-refractivity contribution is -0.117. The Morgan fingerprint density at radius 2 is 1.86 bits per heavy atom. The first-order valence-corrected chi connectivity index (χ1v) is 12.1. The molecule has 0 aliphatic carbocycles. The summed E-state index contributed by atoms with van der Waals surface area (Å²) < 4.78 is 0. The van der Waals surface area contributed by atoms with Gasteiger partial charge in [0.1, 0.15) is 5.82 Å². The second-order valence-corrected chi connectivity index (χ2v) is 9.01. The zero-order valence-corrected chi connectivity index (χ0v) is 19.9. The molecular weight excluding hydrogens is 436 g/mol. The van der Waals surface area contributed by atoms with Gasteiger partial charge >= 0.3 is 0 Å². The number of carbonyl (C=O) groups excluding carboxylic acids is 1. The van der Waals surface area contributed by atoms with Gasteiger partial charge in [-0.25, -0.2) is 4.98 Å². The first-order chi connectivity index (χ1) is 17.1. The maximum Gasteiger partial charge on any atom is 0.221 e. The van der Waals surface area contributed by atoms with Crippen molar-refractivity contribution in [2.75, 3.05) is 28.6 Å². The van der Waals surface area contributed by atoms with E-state index in [1.54, 1.807) is 6.20 Å². The third-order valence-electron chi connectivity index (χ3n) is 6.46. The zero-order chi connectivity index (χ0) is 24.5. The number of carbonyl (C=O) groups is 1. The van der Waals surface area contributed by atoms with E-state index < -0.39 is 0 Å². The summed E-state index contributed by atoms with van der Waals surface area (Å²) in [6.07, 6.45) is 5.79. The molecule has 1 amide bonds. The molecule has 2 heterocycles. The van der Waals surface area contributed by atoms with Gasteiger partial charge in [0, 0.05) is 60.9 Å². The van der Waals surface area contributed by atoms with Crippen molar-refractivity contribution < 1.29 is 4.79 Å². The summed E-state index contributed by atoms with van der Waals surface area (Å²) in [4.78, 5) is 18.4. The Labute approximate surface area is 207 Å². The van der Waals surface area contributed by atoms with Crippen LogP contribution in [-0.2, 0) is 17.8 Å². The standard InChI is InChI=1S/C28H32N6O/c29-14-4-7-21-12-15-34(16-13-21)25-10-8-24(9-11-25)33-28-18-26(23(20-32-28)17-27(30)35)31-19-22-5-2-1-3-6-22/h1-3,5-6,8-11,18,20-21H,4,7,12-13,15-17,19H2,(H2,30,35)(H2,31,32,33). The highest BCUT2D eigenvalue weighted by molar-refractivity contribution is 5.79. The lowest BCUT2D eigenvalue weighted by Gasteiger charge is -2.33. The van der Waals surface area contributed by atoms with E-state index in [0.717, 1.165) is 54.9 Å². The average Bonchev–Trinajstić information content (AvgIpc) is 2.88. The minimum absolute atomic E-state index is 0.131. The normalized spacial score (nSPS) is 13.7. The van der Waals surface area contributed by atoms with Gasteiger partial charge in [-0.1, -0.05) is 30.3 Å². The van der Waals surface area contributed by atoms with Crippen molar-refractivity contribution >= 4 is 28.8 Å². The van der Waals surface area contributed by atoms with E-state index in [2.05, 4.69) is 63.0 Å². The summed E-state index contributed by atoms with van der Waals surface area (Å²) in [6, 6.07) is 22.7. The number of rotatable bonds is 10. The van der Waals surface area contributed by atoms with Gasteiger partial charge in [0.2, 0.25) is 5.91 Å². The Bertz CT molecular complexity index is 1150. The Balaban J connectivity index is 1.40. The molecule has 1 aliphatic heterocycles. The third kappa shape index (κ3) is 6.97.